The molecule has 0 radical (unpaired) electrons. The van der Waals surface area contributed by atoms with Gasteiger partial charge in [0.2, 0.25) is 0 Å². The molecule has 0 saturated carbocycles. The van der Waals surface area contributed by atoms with E-state index in [9.17, 15) is 13.2 Å². The van der Waals surface area contributed by atoms with Crippen LogP contribution in [0.25, 0.3) is 0 Å². The first-order valence-electron chi connectivity index (χ1n) is 8.77. The van der Waals surface area contributed by atoms with Crippen molar-refractivity contribution in [2.24, 2.45) is 5.92 Å². The number of nitrogens with two attached hydrogens (primary N) is 1. The maximum Gasteiger partial charge on any atom is 0.410 e. The summed E-state index contributed by atoms with van der Waals surface area (Å²) in [6, 6.07) is 4.73. The molecule has 1 fully saturated rings. The van der Waals surface area contributed by atoms with Gasteiger partial charge in [-0.15, -0.1) is 0 Å². The summed E-state index contributed by atoms with van der Waals surface area (Å²) in [5.41, 5.74) is 6.62. The molecule has 1 aromatic rings. The lowest BCUT2D eigenvalue weighted by atomic mass is 9.97. The Hall–Kier alpha value is -1.96. The van der Waals surface area contributed by atoms with Crippen LogP contribution in [0.5, 0.6) is 0 Å². The zero-order valence-electron chi connectivity index (χ0n) is 15.9. The predicted octanol–water partition coefficient (Wildman–Crippen LogP) is 2.73. The molecule has 7 nitrogen and oxygen atoms in total. The van der Waals surface area contributed by atoms with Crippen molar-refractivity contribution in [2.75, 3.05) is 36.9 Å². The standard InChI is InChI=1S/C18H29N3O4S/c1-18(2,3)25-17(22)21-9-7-13(8-10-21)12-20-16-6-5-14(11-15(16)19)26(4,23)24/h5-6,11,13,20H,7-10,12,19H2,1-4H3. The van der Waals surface area contributed by atoms with E-state index in [4.69, 9.17) is 10.5 Å². The van der Waals surface area contributed by atoms with E-state index in [2.05, 4.69) is 5.32 Å². The van der Waals surface area contributed by atoms with E-state index in [1.807, 2.05) is 20.8 Å². The quantitative estimate of drug-likeness (QED) is 0.775. The fourth-order valence-electron chi connectivity index (χ4n) is 2.83. The molecule has 1 heterocycles. The molecule has 1 aromatic carbocycles. The van der Waals surface area contributed by atoms with Crippen molar-refractivity contribution >= 4 is 27.3 Å². The zero-order valence-corrected chi connectivity index (χ0v) is 16.7. The van der Waals surface area contributed by atoms with Crippen molar-refractivity contribution in [3.05, 3.63) is 18.2 Å². The van der Waals surface area contributed by atoms with Gasteiger partial charge in [-0.1, -0.05) is 0 Å². The summed E-state index contributed by atoms with van der Waals surface area (Å²) in [5, 5.41) is 3.29. The van der Waals surface area contributed by atoms with Gasteiger partial charge in [-0.2, -0.15) is 0 Å². The van der Waals surface area contributed by atoms with Crippen molar-refractivity contribution in [3.63, 3.8) is 0 Å². The molecule has 0 spiro atoms. The van der Waals surface area contributed by atoms with Gasteiger partial charge in [0.25, 0.3) is 0 Å². The second-order valence-corrected chi connectivity index (χ2v) is 9.83. The van der Waals surface area contributed by atoms with Gasteiger partial charge in [0.05, 0.1) is 16.3 Å². The molecule has 1 aliphatic rings. The van der Waals surface area contributed by atoms with Gasteiger partial charge in [0, 0.05) is 25.9 Å². The van der Waals surface area contributed by atoms with Crippen LogP contribution >= 0.6 is 0 Å². The number of amides is 1. The highest BCUT2D eigenvalue weighted by atomic mass is 32.2. The number of nitrogen functional groups attached to an aromatic ring is 1. The largest absolute Gasteiger partial charge is 0.444 e. The molecule has 146 valence electrons. The number of ether oxygens (including phenoxy) is 1. The van der Waals surface area contributed by atoms with Gasteiger partial charge in [-0.3, -0.25) is 0 Å². The SMILES string of the molecule is CC(C)(C)OC(=O)N1CCC(CNc2ccc(S(C)(=O)=O)cc2N)CC1. The van der Waals surface area contributed by atoms with E-state index < -0.39 is 15.4 Å². The Kier molecular flexibility index (Phi) is 6.05. The second kappa shape index (κ2) is 7.73. The van der Waals surface area contributed by atoms with Gasteiger partial charge in [-0.25, -0.2) is 13.2 Å². The molecular weight excluding hydrogens is 354 g/mol. The summed E-state index contributed by atoms with van der Waals surface area (Å²) in [5.74, 6) is 0.419. The van der Waals surface area contributed by atoms with Crippen molar-refractivity contribution in [1.82, 2.24) is 4.90 Å². The molecule has 0 aliphatic carbocycles. The number of nitrogens with one attached hydrogen (secondary N) is 1. The monoisotopic (exact) mass is 383 g/mol. The van der Waals surface area contributed by atoms with E-state index in [1.54, 1.807) is 17.0 Å². The van der Waals surface area contributed by atoms with Gasteiger partial charge in [-0.05, 0) is 57.7 Å². The van der Waals surface area contributed by atoms with E-state index in [-0.39, 0.29) is 11.0 Å². The topological polar surface area (TPSA) is 102 Å². The summed E-state index contributed by atoms with van der Waals surface area (Å²) in [7, 11) is -3.26. The molecule has 1 amide bonds. The third-order valence-electron chi connectivity index (χ3n) is 4.30. The number of carbonyl (C=O) groups is 1. The van der Waals surface area contributed by atoms with Crippen molar-refractivity contribution < 1.29 is 17.9 Å². The first-order valence-corrected chi connectivity index (χ1v) is 10.7. The third-order valence-corrected chi connectivity index (χ3v) is 5.41. The van der Waals surface area contributed by atoms with Crippen molar-refractivity contribution in [3.8, 4) is 0 Å². The van der Waals surface area contributed by atoms with Crippen molar-refractivity contribution in [1.29, 1.82) is 0 Å². The number of rotatable bonds is 4. The Morgan fingerprint density at radius 1 is 1.31 bits per heavy atom. The summed E-state index contributed by atoms with van der Waals surface area (Å²) < 4.78 is 28.5. The fourth-order valence-corrected chi connectivity index (χ4v) is 3.49. The first kappa shape index (κ1) is 20.4. The summed E-state index contributed by atoms with van der Waals surface area (Å²) in [6.07, 6.45) is 2.67. The van der Waals surface area contributed by atoms with Crippen LogP contribution in [0.1, 0.15) is 33.6 Å². The molecule has 1 aliphatic heterocycles. The molecule has 0 unspecified atom stereocenters. The molecule has 3 N–H and O–H groups in total. The van der Waals surface area contributed by atoms with Gasteiger partial charge in [0.1, 0.15) is 5.60 Å². The number of carbonyl (C=O) groups excluding carboxylic acids is 1. The number of likely N-dealkylation sites (tertiary alicyclic amines) is 1. The Balaban J connectivity index is 1.84. The lowest BCUT2D eigenvalue weighted by molar-refractivity contribution is 0.0188. The number of nitrogens with zero attached hydrogens (tertiary/aromatic N) is 1. The molecular formula is C18H29N3O4S. The second-order valence-electron chi connectivity index (χ2n) is 7.81. The van der Waals surface area contributed by atoms with Gasteiger partial charge >= 0.3 is 6.09 Å². The minimum Gasteiger partial charge on any atom is -0.444 e. The van der Waals surface area contributed by atoms with Crippen LogP contribution in [0.4, 0.5) is 16.2 Å². The molecule has 8 heteroatoms. The van der Waals surface area contributed by atoms with Crippen molar-refractivity contribution in [2.45, 2.75) is 44.1 Å². The molecule has 0 aromatic heterocycles. The molecule has 2 rings (SSSR count). The van der Waals surface area contributed by atoms with Crippen LogP contribution in [-0.2, 0) is 14.6 Å². The van der Waals surface area contributed by atoms with E-state index >= 15 is 0 Å². The predicted molar refractivity (Wildman–Crippen MR) is 103 cm³/mol. The number of hydrogen-bond donors (Lipinski definition) is 2. The van der Waals surface area contributed by atoms with E-state index in [1.165, 1.54) is 6.07 Å². The van der Waals surface area contributed by atoms with Crippen LogP contribution in [-0.4, -0.2) is 50.9 Å². The minimum atomic E-state index is -3.26. The average Bonchev–Trinajstić information content (AvgIpc) is 2.51. The molecule has 0 bridgehead atoms. The third kappa shape index (κ3) is 5.79. The molecule has 1 saturated heterocycles. The lowest BCUT2D eigenvalue weighted by Crippen LogP contribution is -2.42. The molecule has 26 heavy (non-hydrogen) atoms. The maximum absolute atomic E-state index is 12.1. The summed E-state index contributed by atoms with van der Waals surface area (Å²) >= 11 is 0. The Morgan fingerprint density at radius 3 is 2.42 bits per heavy atom. The Morgan fingerprint density at radius 2 is 1.92 bits per heavy atom. The summed E-state index contributed by atoms with van der Waals surface area (Å²) in [6.45, 7) is 7.65. The summed E-state index contributed by atoms with van der Waals surface area (Å²) in [4.78, 5) is 14.0. The normalized spacial score (nSPS) is 16.4. The lowest BCUT2D eigenvalue weighted by Gasteiger charge is -2.33. The first-order chi connectivity index (χ1) is 12.0. The van der Waals surface area contributed by atoms with Crippen LogP contribution in [0.15, 0.2) is 23.1 Å². The number of sulfone groups is 1. The minimum absolute atomic E-state index is 0.214. The van der Waals surface area contributed by atoms with E-state index in [0.717, 1.165) is 31.3 Å². The highest BCUT2D eigenvalue weighted by molar-refractivity contribution is 7.90. The smallest absolute Gasteiger partial charge is 0.410 e. The van der Waals surface area contributed by atoms with Gasteiger partial charge < -0.3 is 20.7 Å². The number of benzene rings is 1. The maximum atomic E-state index is 12.1. The Bertz CT molecular complexity index is 748. The number of hydrogen-bond acceptors (Lipinski definition) is 6. The molecule has 0 atom stereocenters. The number of anilines is 2. The highest BCUT2D eigenvalue weighted by Crippen LogP contribution is 2.25. The van der Waals surface area contributed by atoms with Crippen LogP contribution in [0, 0.1) is 5.92 Å². The van der Waals surface area contributed by atoms with Gasteiger partial charge in [0.15, 0.2) is 9.84 Å². The Labute approximate surface area is 155 Å². The van der Waals surface area contributed by atoms with Crippen LogP contribution in [0.2, 0.25) is 0 Å². The zero-order chi connectivity index (χ0) is 19.5. The van der Waals surface area contributed by atoms with Crippen LogP contribution in [0.3, 0.4) is 0 Å². The highest BCUT2D eigenvalue weighted by Gasteiger charge is 2.26. The fraction of sp³-hybridized carbons (Fsp3) is 0.611. The number of piperidine rings is 1. The average molecular weight is 384 g/mol. The van der Waals surface area contributed by atoms with Crippen LogP contribution < -0.4 is 11.1 Å². The van der Waals surface area contributed by atoms with E-state index in [0.29, 0.717) is 24.7 Å².